The lowest BCUT2D eigenvalue weighted by Crippen LogP contribution is -2.03. The number of benzene rings is 3. The Kier molecular flexibility index (Phi) is 9.95. The molecule has 0 spiro atoms. The molecule has 0 atom stereocenters. The van der Waals surface area contributed by atoms with E-state index in [-0.39, 0.29) is 6.42 Å². The van der Waals surface area contributed by atoms with Gasteiger partial charge in [-0.2, -0.15) is 0 Å². The van der Waals surface area contributed by atoms with E-state index in [0.717, 1.165) is 49.9 Å². The minimum Gasteiger partial charge on any atom is -0.491 e. The van der Waals surface area contributed by atoms with Crippen LogP contribution in [0.3, 0.4) is 0 Å². The van der Waals surface area contributed by atoms with Crippen LogP contribution in [0, 0.1) is 14.3 Å². The first-order chi connectivity index (χ1) is 14.8. The van der Waals surface area contributed by atoms with Gasteiger partial charge in [0.25, 0.3) is 0 Å². The van der Waals surface area contributed by atoms with Crippen molar-refractivity contribution < 1.29 is 19.4 Å². The van der Waals surface area contributed by atoms with Crippen LogP contribution in [0.15, 0.2) is 54.6 Å². The second-order valence-corrected chi connectivity index (χ2v) is 11.4. The first-order valence-electron chi connectivity index (χ1n) is 9.37. The third kappa shape index (κ3) is 7.59. The van der Waals surface area contributed by atoms with Crippen LogP contribution in [-0.2, 0) is 17.6 Å². The van der Waals surface area contributed by atoms with Crippen molar-refractivity contribution >= 4 is 96.3 Å². The second-order valence-electron chi connectivity index (χ2n) is 6.71. The lowest BCUT2D eigenvalue weighted by atomic mass is 10.1. The Morgan fingerprint density at radius 3 is 1.97 bits per heavy atom. The Hall–Kier alpha value is -0.350. The van der Waals surface area contributed by atoms with E-state index in [0.29, 0.717) is 6.61 Å². The summed E-state index contributed by atoms with van der Waals surface area (Å²) in [4.78, 5) is 11.0. The summed E-state index contributed by atoms with van der Waals surface area (Å²) in [6, 6.07) is 18.1. The van der Waals surface area contributed by atoms with Crippen molar-refractivity contribution in [3.8, 4) is 17.2 Å². The summed E-state index contributed by atoms with van der Waals surface area (Å²) in [5.74, 6) is 1.50. The first-order valence-corrected chi connectivity index (χ1v) is 13.7. The molecular formula is C23H18I4O4. The molecule has 0 fully saturated rings. The second kappa shape index (κ2) is 12.2. The molecule has 8 heteroatoms. The largest absolute Gasteiger partial charge is 0.491 e. The monoisotopic (exact) mass is 866 g/mol. The fourth-order valence-electron chi connectivity index (χ4n) is 2.93. The molecule has 0 unspecified atom stereocenters. The number of carboxylic acids is 1. The van der Waals surface area contributed by atoms with Crippen LogP contribution in [0.2, 0.25) is 0 Å². The van der Waals surface area contributed by atoms with Crippen LogP contribution >= 0.6 is 90.4 Å². The number of hydrogen-bond acceptors (Lipinski definition) is 3. The number of carboxylic acid groups (broad SMARTS) is 1. The zero-order valence-corrected chi connectivity index (χ0v) is 24.8. The van der Waals surface area contributed by atoms with Gasteiger partial charge in [0, 0.05) is 0 Å². The van der Waals surface area contributed by atoms with Gasteiger partial charge in [-0.05, 0) is 139 Å². The first kappa shape index (κ1) is 25.3. The Balaban J connectivity index is 1.67. The molecule has 0 aliphatic heterocycles. The Morgan fingerprint density at radius 2 is 1.39 bits per heavy atom. The molecule has 0 aliphatic carbocycles. The molecule has 0 radical (unpaired) electrons. The van der Waals surface area contributed by atoms with E-state index >= 15 is 0 Å². The molecule has 3 aromatic carbocycles. The van der Waals surface area contributed by atoms with Gasteiger partial charge < -0.3 is 14.6 Å². The molecule has 162 valence electrons. The highest BCUT2D eigenvalue weighted by Crippen LogP contribution is 2.37. The Bertz CT molecular complexity index is 1020. The van der Waals surface area contributed by atoms with Gasteiger partial charge in [0.1, 0.15) is 11.5 Å². The molecule has 0 heterocycles. The highest BCUT2D eigenvalue weighted by Gasteiger charge is 2.15. The number of carbonyl (C=O) groups is 1. The van der Waals surface area contributed by atoms with E-state index in [9.17, 15) is 4.79 Å². The van der Waals surface area contributed by atoms with E-state index in [1.54, 1.807) is 0 Å². The topological polar surface area (TPSA) is 55.8 Å². The van der Waals surface area contributed by atoms with Crippen LogP contribution in [0.5, 0.6) is 17.2 Å². The average molecular weight is 866 g/mol. The number of rotatable bonds is 9. The third-order valence-corrected chi connectivity index (χ3v) is 7.51. The maximum atomic E-state index is 11.0. The highest BCUT2D eigenvalue weighted by molar-refractivity contribution is 14.1. The van der Waals surface area contributed by atoms with Crippen molar-refractivity contribution in [2.24, 2.45) is 0 Å². The summed E-state index contributed by atoms with van der Waals surface area (Å²) in [6.07, 6.45) is 1.94. The molecule has 0 bridgehead atoms. The molecule has 0 aliphatic rings. The fraction of sp³-hybridized carbons (Fsp3) is 0.174. The zero-order valence-electron chi connectivity index (χ0n) is 16.2. The Labute approximate surface area is 236 Å². The maximum Gasteiger partial charge on any atom is 0.307 e. The summed E-state index contributed by atoms with van der Waals surface area (Å²) in [6.45, 7) is 0.655. The van der Waals surface area contributed by atoms with Gasteiger partial charge in [-0.3, -0.25) is 4.79 Å². The quantitative estimate of drug-likeness (QED) is 0.179. The van der Waals surface area contributed by atoms with E-state index in [1.165, 1.54) is 5.56 Å². The van der Waals surface area contributed by atoms with Crippen LogP contribution in [0.1, 0.15) is 17.5 Å². The molecule has 1 N–H and O–H groups in total. The van der Waals surface area contributed by atoms with Crippen LogP contribution < -0.4 is 9.47 Å². The predicted molar refractivity (Wildman–Crippen MR) is 155 cm³/mol. The predicted octanol–water partition coefficient (Wildman–Crippen LogP) is 7.54. The molecule has 0 saturated carbocycles. The summed E-state index contributed by atoms with van der Waals surface area (Å²) < 4.78 is 16.0. The van der Waals surface area contributed by atoms with Crippen molar-refractivity contribution in [1.82, 2.24) is 0 Å². The molecule has 31 heavy (non-hydrogen) atoms. The third-order valence-electron chi connectivity index (χ3n) is 4.30. The minimum absolute atomic E-state index is 0.00160. The molecule has 0 aromatic heterocycles. The van der Waals surface area contributed by atoms with E-state index in [4.69, 9.17) is 14.6 Å². The number of ether oxygens (including phenoxy) is 2. The van der Waals surface area contributed by atoms with Crippen LogP contribution in [0.4, 0.5) is 0 Å². The SMILES string of the molecule is O=C(O)Cc1cc(I)c(Oc2cc(I)c(OCCCc3ccccc3)c(I)c2)c(I)c1. The number of aryl methyl sites for hydroxylation is 1. The van der Waals surface area contributed by atoms with Gasteiger partial charge >= 0.3 is 5.97 Å². The van der Waals surface area contributed by atoms with Crippen molar-refractivity contribution in [1.29, 1.82) is 0 Å². The van der Waals surface area contributed by atoms with E-state index < -0.39 is 5.97 Å². The number of aliphatic carboxylic acids is 1. The zero-order chi connectivity index (χ0) is 22.4. The summed E-state index contributed by atoms with van der Waals surface area (Å²) in [5.41, 5.74) is 2.08. The van der Waals surface area contributed by atoms with Gasteiger partial charge in [0.05, 0.1) is 27.3 Å². The molecular weight excluding hydrogens is 848 g/mol. The highest BCUT2D eigenvalue weighted by atomic mass is 127. The van der Waals surface area contributed by atoms with Gasteiger partial charge in [-0.25, -0.2) is 0 Å². The number of halogens is 4. The Morgan fingerprint density at radius 1 is 0.806 bits per heavy atom. The van der Waals surface area contributed by atoms with Crippen molar-refractivity contribution in [3.63, 3.8) is 0 Å². The summed E-state index contributed by atoms with van der Waals surface area (Å²) in [5, 5.41) is 9.03. The average Bonchev–Trinajstić information content (AvgIpc) is 2.70. The lowest BCUT2D eigenvalue weighted by Gasteiger charge is -2.15. The van der Waals surface area contributed by atoms with E-state index in [2.05, 4.69) is 115 Å². The number of hydrogen-bond donors (Lipinski definition) is 1. The van der Waals surface area contributed by atoms with Gasteiger partial charge in [-0.15, -0.1) is 0 Å². The van der Waals surface area contributed by atoms with Crippen molar-refractivity contribution in [2.45, 2.75) is 19.3 Å². The van der Waals surface area contributed by atoms with E-state index in [1.807, 2.05) is 30.3 Å². The van der Waals surface area contributed by atoms with Crippen LogP contribution in [-0.4, -0.2) is 17.7 Å². The molecule has 4 nitrogen and oxygen atoms in total. The van der Waals surface area contributed by atoms with Gasteiger partial charge in [0.2, 0.25) is 0 Å². The normalized spacial score (nSPS) is 10.7. The molecule has 3 rings (SSSR count). The fourth-order valence-corrected chi connectivity index (χ4v) is 7.07. The van der Waals surface area contributed by atoms with Crippen LogP contribution in [0.25, 0.3) is 0 Å². The minimum atomic E-state index is -0.844. The maximum absolute atomic E-state index is 11.0. The van der Waals surface area contributed by atoms with Crippen molar-refractivity contribution in [2.75, 3.05) is 6.61 Å². The standard InChI is InChI=1S/C23H18I4O4/c24-17-9-15(11-21(28)29)10-18(25)23(17)31-16-12-19(26)22(20(27)13-16)30-8-4-7-14-5-2-1-3-6-14/h1-3,5-6,9-10,12-13H,4,7-8,11H2,(H,28,29). The molecule has 3 aromatic rings. The van der Waals surface area contributed by atoms with Crippen molar-refractivity contribution in [3.05, 3.63) is 80.0 Å². The lowest BCUT2D eigenvalue weighted by molar-refractivity contribution is -0.136. The van der Waals surface area contributed by atoms with Gasteiger partial charge in [0.15, 0.2) is 5.75 Å². The summed E-state index contributed by atoms with van der Waals surface area (Å²) >= 11 is 8.92. The molecule has 0 saturated heterocycles. The molecule has 0 amide bonds. The smallest absolute Gasteiger partial charge is 0.307 e. The summed E-state index contributed by atoms with van der Waals surface area (Å²) in [7, 11) is 0. The van der Waals surface area contributed by atoms with Gasteiger partial charge in [-0.1, -0.05) is 30.3 Å².